The number of anilines is 1. The standard InChI is InChI=1S/C25H25N5O3S/c1-16-10-12-21(32-3)19(14-16)26-24(31)23(18-8-6-5-7-9-18)34-25-27-28-29-30(25)20-15-17(2)11-13-22(20)33-4/h5-15,23H,1-4H3,(H,26,31). The van der Waals surface area contributed by atoms with Crippen molar-refractivity contribution in [2.45, 2.75) is 24.3 Å². The molecule has 1 unspecified atom stereocenters. The second kappa shape index (κ2) is 10.4. The minimum Gasteiger partial charge on any atom is -0.495 e. The zero-order chi connectivity index (χ0) is 24.1. The normalized spacial score (nSPS) is 11.6. The number of carbonyl (C=O) groups is 1. The lowest BCUT2D eigenvalue weighted by atomic mass is 10.1. The zero-order valence-corrected chi connectivity index (χ0v) is 20.2. The number of tetrazole rings is 1. The number of methoxy groups -OCH3 is 2. The number of thioether (sulfide) groups is 1. The Kier molecular flexibility index (Phi) is 7.12. The minimum absolute atomic E-state index is 0.217. The summed E-state index contributed by atoms with van der Waals surface area (Å²) < 4.78 is 12.5. The van der Waals surface area contributed by atoms with E-state index in [9.17, 15) is 4.79 Å². The molecule has 0 aliphatic carbocycles. The highest BCUT2D eigenvalue weighted by Gasteiger charge is 2.27. The summed E-state index contributed by atoms with van der Waals surface area (Å²) in [6, 6.07) is 20.9. The van der Waals surface area contributed by atoms with Crippen LogP contribution in [0.2, 0.25) is 0 Å². The molecule has 174 valence electrons. The van der Waals surface area contributed by atoms with Crippen molar-refractivity contribution in [2.24, 2.45) is 0 Å². The summed E-state index contributed by atoms with van der Waals surface area (Å²) >= 11 is 1.26. The van der Waals surface area contributed by atoms with E-state index < -0.39 is 5.25 Å². The molecule has 0 saturated carbocycles. The number of rotatable bonds is 8. The molecule has 1 heterocycles. The lowest BCUT2D eigenvalue weighted by Gasteiger charge is -2.18. The number of aromatic nitrogens is 4. The molecule has 34 heavy (non-hydrogen) atoms. The van der Waals surface area contributed by atoms with Gasteiger partial charge in [-0.2, -0.15) is 4.68 Å². The van der Waals surface area contributed by atoms with Crippen LogP contribution in [0.25, 0.3) is 5.69 Å². The van der Waals surface area contributed by atoms with Crippen LogP contribution in [0.4, 0.5) is 5.69 Å². The van der Waals surface area contributed by atoms with E-state index in [2.05, 4.69) is 20.8 Å². The number of hydrogen-bond donors (Lipinski definition) is 1. The number of amides is 1. The quantitative estimate of drug-likeness (QED) is 0.367. The Balaban J connectivity index is 1.70. The van der Waals surface area contributed by atoms with Crippen LogP contribution >= 0.6 is 11.8 Å². The molecule has 0 aliphatic heterocycles. The molecule has 0 radical (unpaired) electrons. The second-order valence-electron chi connectivity index (χ2n) is 7.65. The third-order valence-corrected chi connectivity index (χ3v) is 6.37. The lowest BCUT2D eigenvalue weighted by molar-refractivity contribution is -0.115. The average Bonchev–Trinajstić information content (AvgIpc) is 3.31. The summed E-state index contributed by atoms with van der Waals surface area (Å²) in [6.45, 7) is 3.94. The molecule has 1 N–H and O–H groups in total. The van der Waals surface area contributed by atoms with Gasteiger partial charge in [0.05, 0.1) is 19.9 Å². The van der Waals surface area contributed by atoms with Crippen LogP contribution in [0.15, 0.2) is 71.9 Å². The average molecular weight is 476 g/mol. The van der Waals surface area contributed by atoms with Crippen molar-refractivity contribution in [1.82, 2.24) is 20.2 Å². The van der Waals surface area contributed by atoms with Crippen molar-refractivity contribution in [2.75, 3.05) is 19.5 Å². The maximum absolute atomic E-state index is 13.6. The molecule has 1 amide bonds. The molecular formula is C25H25N5O3S. The van der Waals surface area contributed by atoms with E-state index in [4.69, 9.17) is 9.47 Å². The monoisotopic (exact) mass is 475 g/mol. The number of benzene rings is 3. The molecule has 8 nitrogen and oxygen atoms in total. The summed E-state index contributed by atoms with van der Waals surface area (Å²) in [7, 11) is 3.17. The van der Waals surface area contributed by atoms with Crippen LogP contribution in [-0.2, 0) is 4.79 Å². The van der Waals surface area contributed by atoms with Crippen LogP contribution in [-0.4, -0.2) is 40.3 Å². The summed E-state index contributed by atoms with van der Waals surface area (Å²) in [5.41, 5.74) is 4.17. The summed E-state index contributed by atoms with van der Waals surface area (Å²) in [5.74, 6) is 1.00. The van der Waals surface area contributed by atoms with Gasteiger partial charge in [-0.05, 0) is 65.2 Å². The van der Waals surface area contributed by atoms with E-state index in [0.717, 1.165) is 16.7 Å². The molecule has 1 aromatic heterocycles. The van der Waals surface area contributed by atoms with Gasteiger partial charge in [0.15, 0.2) is 0 Å². The van der Waals surface area contributed by atoms with Crippen LogP contribution in [0.5, 0.6) is 11.5 Å². The van der Waals surface area contributed by atoms with Crippen molar-refractivity contribution in [3.8, 4) is 17.2 Å². The van der Waals surface area contributed by atoms with Gasteiger partial charge in [0, 0.05) is 0 Å². The smallest absolute Gasteiger partial charge is 0.242 e. The fraction of sp³-hybridized carbons (Fsp3) is 0.200. The molecule has 9 heteroatoms. The van der Waals surface area contributed by atoms with Gasteiger partial charge in [-0.1, -0.05) is 54.2 Å². The maximum atomic E-state index is 13.6. The van der Waals surface area contributed by atoms with Crippen LogP contribution in [0.3, 0.4) is 0 Å². The van der Waals surface area contributed by atoms with E-state index in [0.29, 0.717) is 28.0 Å². The molecule has 3 aromatic carbocycles. The Morgan fingerprint density at radius 3 is 2.32 bits per heavy atom. The van der Waals surface area contributed by atoms with Gasteiger partial charge in [0.25, 0.3) is 0 Å². The number of hydrogen-bond acceptors (Lipinski definition) is 7. The number of nitrogens with zero attached hydrogens (tertiary/aromatic N) is 4. The number of nitrogens with one attached hydrogen (secondary N) is 1. The Labute approximate surface area is 202 Å². The summed E-state index contributed by atoms with van der Waals surface area (Å²) in [5, 5.41) is 15.1. The molecule has 0 aliphatic rings. The third-order valence-electron chi connectivity index (χ3n) is 5.18. The largest absolute Gasteiger partial charge is 0.495 e. The Hall–Kier alpha value is -3.85. The first-order chi connectivity index (χ1) is 16.5. The topological polar surface area (TPSA) is 91.2 Å². The second-order valence-corrected chi connectivity index (χ2v) is 8.72. The van der Waals surface area contributed by atoms with E-state index in [1.165, 1.54) is 11.8 Å². The highest BCUT2D eigenvalue weighted by Crippen LogP contribution is 2.38. The molecule has 4 rings (SSSR count). The Bertz CT molecular complexity index is 1290. The molecule has 1 atom stereocenters. The molecule has 0 bridgehead atoms. The minimum atomic E-state index is -0.619. The summed E-state index contributed by atoms with van der Waals surface area (Å²) in [6.07, 6.45) is 0. The summed E-state index contributed by atoms with van der Waals surface area (Å²) in [4.78, 5) is 13.6. The third kappa shape index (κ3) is 5.04. The highest BCUT2D eigenvalue weighted by atomic mass is 32.2. The predicted octanol–water partition coefficient (Wildman–Crippen LogP) is 4.77. The van der Waals surface area contributed by atoms with Crippen molar-refractivity contribution in [3.05, 3.63) is 83.4 Å². The van der Waals surface area contributed by atoms with Crippen molar-refractivity contribution >= 4 is 23.4 Å². The fourth-order valence-electron chi connectivity index (χ4n) is 3.49. The van der Waals surface area contributed by atoms with E-state index in [1.807, 2.05) is 80.6 Å². The highest BCUT2D eigenvalue weighted by molar-refractivity contribution is 8.00. The molecule has 0 spiro atoms. The van der Waals surface area contributed by atoms with Crippen molar-refractivity contribution in [3.63, 3.8) is 0 Å². The number of ether oxygens (including phenoxy) is 2. The van der Waals surface area contributed by atoms with Crippen LogP contribution < -0.4 is 14.8 Å². The first-order valence-electron chi connectivity index (χ1n) is 10.6. The van der Waals surface area contributed by atoms with Gasteiger partial charge in [-0.15, -0.1) is 5.10 Å². The first-order valence-corrected chi connectivity index (χ1v) is 11.5. The SMILES string of the molecule is COc1ccc(C)cc1NC(=O)C(Sc1nnnn1-c1cc(C)ccc1OC)c1ccccc1. The lowest BCUT2D eigenvalue weighted by Crippen LogP contribution is -2.20. The molecule has 0 saturated heterocycles. The maximum Gasteiger partial charge on any atom is 0.242 e. The zero-order valence-electron chi connectivity index (χ0n) is 19.4. The number of carbonyl (C=O) groups excluding carboxylic acids is 1. The van der Waals surface area contributed by atoms with Crippen LogP contribution in [0.1, 0.15) is 21.9 Å². The molecular weight excluding hydrogens is 450 g/mol. The van der Waals surface area contributed by atoms with Crippen molar-refractivity contribution < 1.29 is 14.3 Å². The van der Waals surface area contributed by atoms with E-state index in [1.54, 1.807) is 18.9 Å². The van der Waals surface area contributed by atoms with Crippen LogP contribution in [0, 0.1) is 13.8 Å². The van der Waals surface area contributed by atoms with Gasteiger partial charge >= 0.3 is 0 Å². The Morgan fingerprint density at radius 1 is 0.941 bits per heavy atom. The fourth-order valence-corrected chi connectivity index (χ4v) is 4.48. The van der Waals surface area contributed by atoms with E-state index >= 15 is 0 Å². The molecule has 4 aromatic rings. The van der Waals surface area contributed by atoms with Gasteiger partial charge < -0.3 is 14.8 Å². The van der Waals surface area contributed by atoms with Gasteiger partial charge in [0.2, 0.25) is 11.1 Å². The molecule has 0 fully saturated rings. The number of aryl methyl sites for hydroxylation is 2. The van der Waals surface area contributed by atoms with Gasteiger partial charge in [0.1, 0.15) is 22.4 Å². The van der Waals surface area contributed by atoms with E-state index in [-0.39, 0.29) is 5.91 Å². The Morgan fingerprint density at radius 2 is 1.62 bits per heavy atom. The van der Waals surface area contributed by atoms with Gasteiger partial charge in [-0.25, -0.2) is 0 Å². The predicted molar refractivity (Wildman–Crippen MR) is 132 cm³/mol. The van der Waals surface area contributed by atoms with Crippen molar-refractivity contribution in [1.29, 1.82) is 0 Å². The van der Waals surface area contributed by atoms with Gasteiger partial charge in [-0.3, -0.25) is 4.79 Å². The first kappa shape index (κ1) is 23.3.